The van der Waals surface area contributed by atoms with Gasteiger partial charge in [0.25, 0.3) is 0 Å². The van der Waals surface area contributed by atoms with Gasteiger partial charge in [-0.2, -0.15) is 0 Å². The Balaban J connectivity index is 1.70. The Bertz CT molecular complexity index is 1240. The van der Waals surface area contributed by atoms with E-state index in [1.165, 1.54) is 12.5 Å². The molecule has 2 aromatic heterocycles. The number of benzene rings is 1. The lowest BCUT2D eigenvalue weighted by atomic mass is 10.2. The number of sulfone groups is 1. The minimum absolute atomic E-state index is 0.0790. The topological polar surface area (TPSA) is 110 Å². The maximum atomic E-state index is 15.1. The normalized spacial score (nSPS) is 14.7. The molecule has 0 saturated carbocycles. The van der Waals surface area contributed by atoms with Crippen LogP contribution in [-0.4, -0.2) is 60.4 Å². The zero-order valence-corrected chi connectivity index (χ0v) is 18.2. The van der Waals surface area contributed by atoms with Crippen molar-refractivity contribution >= 4 is 38.3 Å². The predicted octanol–water partition coefficient (Wildman–Crippen LogP) is 2.60. The Morgan fingerprint density at radius 1 is 1.16 bits per heavy atom. The van der Waals surface area contributed by atoms with Gasteiger partial charge in [0.05, 0.1) is 30.9 Å². The number of nitrogens with one attached hydrogen (secondary N) is 1. The first-order chi connectivity index (χ1) is 15.4. The van der Waals surface area contributed by atoms with E-state index in [4.69, 9.17) is 4.74 Å². The van der Waals surface area contributed by atoms with E-state index in [0.717, 1.165) is 12.1 Å². The lowest BCUT2D eigenvalue weighted by molar-refractivity contribution is 0.122. The average molecular weight is 464 g/mol. The lowest BCUT2D eigenvalue weighted by Crippen LogP contribution is -2.37. The molecule has 1 aliphatic heterocycles. The minimum atomic E-state index is -3.51. The van der Waals surface area contributed by atoms with Crippen LogP contribution in [-0.2, 0) is 20.3 Å². The van der Waals surface area contributed by atoms with Crippen LogP contribution in [0, 0.1) is 11.6 Å². The van der Waals surface area contributed by atoms with Crippen molar-refractivity contribution in [2.24, 2.45) is 0 Å². The van der Waals surface area contributed by atoms with Gasteiger partial charge in [-0.25, -0.2) is 37.1 Å². The highest BCUT2D eigenvalue weighted by Gasteiger charge is 2.21. The lowest BCUT2D eigenvalue weighted by Gasteiger charge is -2.26. The van der Waals surface area contributed by atoms with E-state index in [-0.39, 0.29) is 22.7 Å². The molecule has 3 heterocycles. The molecule has 9 nitrogen and oxygen atoms in total. The highest BCUT2D eigenvalue weighted by atomic mass is 32.2. The maximum absolute atomic E-state index is 15.1. The second-order valence-corrected chi connectivity index (χ2v) is 9.52. The largest absolute Gasteiger partial charge is 0.378 e. The Labute approximate surface area is 183 Å². The van der Waals surface area contributed by atoms with Gasteiger partial charge in [-0.05, 0) is 12.5 Å². The number of anilines is 3. The molecule has 0 unspecified atom stereocenters. The van der Waals surface area contributed by atoms with Gasteiger partial charge >= 0.3 is 0 Å². The predicted molar refractivity (Wildman–Crippen MR) is 116 cm³/mol. The molecule has 3 aromatic rings. The van der Waals surface area contributed by atoms with Crippen molar-refractivity contribution < 1.29 is 21.9 Å². The molecular formula is C20H22F2N6O3S. The van der Waals surface area contributed by atoms with Gasteiger partial charge in [-0.3, -0.25) is 0 Å². The number of fused-ring (bicyclic) bond motifs is 1. The molecule has 1 aromatic carbocycles. The average Bonchev–Trinajstić information content (AvgIpc) is 2.79. The Kier molecular flexibility index (Phi) is 6.42. The van der Waals surface area contributed by atoms with Crippen molar-refractivity contribution in [2.45, 2.75) is 19.1 Å². The Morgan fingerprint density at radius 2 is 1.94 bits per heavy atom. The van der Waals surface area contributed by atoms with Crippen LogP contribution < -0.4 is 10.2 Å². The number of nitrogens with zero attached hydrogens (tertiary/aromatic N) is 5. The highest BCUT2D eigenvalue weighted by molar-refractivity contribution is 7.90. The summed E-state index contributed by atoms with van der Waals surface area (Å²) in [6.45, 7) is 4.03. The number of rotatable bonds is 7. The zero-order chi connectivity index (χ0) is 22.7. The van der Waals surface area contributed by atoms with E-state index < -0.39 is 32.9 Å². The van der Waals surface area contributed by atoms with Gasteiger partial charge in [0.15, 0.2) is 21.5 Å². The summed E-state index contributed by atoms with van der Waals surface area (Å²) in [4.78, 5) is 18.9. The third-order valence-electron chi connectivity index (χ3n) is 4.96. The Morgan fingerprint density at radius 3 is 2.69 bits per heavy atom. The molecule has 0 spiro atoms. The van der Waals surface area contributed by atoms with E-state index in [1.807, 2.05) is 4.90 Å². The first-order valence-corrected chi connectivity index (χ1v) is 11.9. The van der Waals surface area contributed by atoms with Gasteiger partial charge in [-0.1, -0.05) is 13.0 Å². The third-order valence-corrected chi connectivity index (χ3v) is 6.74. The summed E-state index contributed by atoms with van der Waals surface area (Å²) in [5, 5.41) is 2.64. The van der Waals surface area contributed by atoms with Crippen molar-refractivity contribution in [3.63, 3.8) is 0 Å². The van der Waals surface area contributed by atoms with Crippen LogP contribution in [0.15, 0.2) is 24.7 Å². The first-order valence-electron chi connectivity index (χ1n) is 10.1. The molecule has 12 heteroatoms. The first kappa shape index (κ1) is 22.2. The second-order valence-electron chi connectivity index (χ2n) is 7.34. The summed E-state index contributed by atoms with van der Waals surface area (Å²) in [6, 6.07) is 2.17. The molecule has 1 saturated heterocycles. The SMILES string of the molecule is CCCS(=O)(=O)Cc1ccc(F)c(Nc2ncnc3cnc(N4CCOCC4)nc23)c1F. The van der Waals surface area contributed by atoms with Crippen molar-refractivity contribution in [2.75, 3.05) is 42.3 Å². The fourth-order valence-electron chi connectivity index (χ4n) is 3.41. The summed E-state index contributed by atoms with van der Waals surface area (Å²) in [5.74, 6) is -1.95. The molecule has 0 atom stereocenters. The van der Waals surface area contributed by atoms with Gasteiger partial charge in [0.1, 0.15) is 28.9 Å². The second kappa shape index (κ2) is 9.25. The Hall–Kier alpha value is -2.99. The van der Waals surface area contributed by atoms with Crippen LogP contribution in [0.25, 0.3) is 11.0 Å². The van der Waals surface area contributed by atoms with Crippen molar-refractivity contribution in [1.29, 1.82) is 0 Å². The molecule has 1 N–H and O–H groups in total. The fourth-order valence-corrected chi connectivity index (χ4v) is 4.88. The summed E-state index contributed by atoms with van der Waals surface area (Å²) in [5.41, 5.74) is 0.0545. The third kappa shape index (κ3) is 4.75. The molecule has 0 aliphatic carbocycles. The smallest absolute Gasteiger partial charge is 0.226 e. The van der Waals surface area contributed by atoms with E-state index >= 15 is 4.39 Å². The summed E-state index contributed by atoms with van der Waals surface area (Å²) >= 11 is 0. The van der Waals surface area contributed by atoms with E-state index in [2.05, 4.69) is 25.3 Å². The molecule has 4 rings (SSSR count). The van der Waals surface area contributed by atoms with Crippen molar-refractivity contribution in [3.05, 3.63) is 41.9 Å². The highest BCUT2D eigenvalue weighted by Crippen LogP contribution is 2.29. The van der Waals surface area contributed by atoms with E-state index in [9.17, 15) is 12.8 Å². The molecule has 32 heavy (non-hydrogen) atoms. The number of hydrogen-bond acceptors (Lipinski definition) is 9. The molecule has 170 valence electrons. The van der Waals surface area contributed by atoms with Crippen LogP contribution >= 0.6 is 0 Å². The minimum Gasteiger partial charge on any atom is -0.378 e. The fraction of sp³-hybridized carbons (Fsp3) is 0.400. The van der Waals surface area contributed by atoms with Crippen molar-refractivity contribution in [3.8, 4) is 0 Å². The summed E-state index contributed by atoms with van der Waals surface area (Å²) < 4.78 is 59.2. The summed E-state index contributed by atoms with van der Waals surface area (Å²) in [6.07, 6.45) is 3.16. The van der Waals surface area contributed by atoms with Crippen LogP contribution in [0.4, 0.5) is 26.2 Å². The van der Waals surface area contributed by atoms with Gasteiger partial charge in [-0.15, -0.1) is 0 Å². The van der Waals surface area contributed by atoms with Gasteiger partial charge in [0, 0.05) is 18.7 Å². The number of aromatic nitrogens is 4. The standard InChI is InChI=1S/C20H22F2N6O3S/c1-2-9-32(29,30)11-13-3-4-14(21)17(16(13)22)26-19-18-15(24-12-25-19)10-23-20(27-18)28-5-7-31-8-6-28/h3-4,10,12H,2,5-9,11H2,1H3,(H,24,25,26). The van der Waals surface area contributed by atoms with Gasteiger partial charge in [0.2, 0.25) is 5.95 Å². The quantitative estimate of drug-likeness (QED) is 0.564. The maximum Gasteiger partial charge on any atom is 0.226 e. The monoisotopic (exact) mass is 464 g/mol. The van der Waals surface area contributed by atoms with Crippen molar-refractivity contribution in [1.82, 2.24) is 19.9 Å². The molecule has 0 bridgehead atoms. The van der Waals surface area contributed by atoms with E-state index in [0.29, 0.717) is 44.2 Å². The number of hydrogen-bond donors (Lipinski definition) is 1. The van der Waals surface area contributed by atoms with Gasteiger partial charge < -0.3 is 15.0 Å². The number of halogens is 2. The molecule has 1 fully saturated rings. The van der Waals surface area contributed by atoms with E-state index in [1.54, 1.807) is 6.92 Å². The molecular weight excluding hydrogens is 442 g/mol. The van der Waals surface area contributed by atoms with Crippen LogP contribution in [0.1, 0.15) is 18.9 Å². The summed E-state index contributed by atoms with van der Waals surface area (Å²) in [7, 11) is -3.51. The molecule has 1 aliphatic rings. The molecule has 0 amide bonds. The number of ether oxygens (including phenoxy) is 1. The van der Waals surface area contributed by atoms with Crippen LogP contribution in [0.2, 0.25) is 0 Å². The zero-order valence-electron chi connectivity index (χ0n) is 17.4. The van der Waals surface area contributed by atoms with Crippen LogP contribution in [0.3, 0.4) is 0 Å². The molecule has 0 radical (unpaired) electrons. The number of morpholine rings is 1. The van der Waals surface area contributed by atoms with Crippen LogP contribution in [0.5, 0.6) is 0 Å².